The molecule has 0 radical (unpaired) electrons. The Kier molecular flexibility index (Phi) is 4.45. The molecule has 128 valence electrons. The zero-order valence-corrected chi connectivity index (χ0v) is 12.5. The fourth-order valence-corrected chi connectivity index (χ4v) is 2.50. The fourth-order valence-electron chi connectivity index (χ4n) is 2.50. The lowest BCUT2D eigenvalue weighted by molar-refractivity contribution is -0.0511. The Morgan fingerprint density at radius 1 is 1.38 bits per heavy atom. The average Bonchev–Trinajstić information content (AvgIpc) is 3.10. The standard InChI is InChI=1S/C13H16N6O5/c14-2-1-3-23-11-7-10(17-13(15)18-11)19(5-16-7)12-9(22)8(21)6(4-20)24-12/h5-6,8-9,12,20-22H,1,3-4H2,(H2,15,17,18)/t6-,8-,9-,12-/m1/s1. The van der Waals surface area contributed by atoms with Crippen LogP contribution in [-0.4, -0.2) is 66.4 Å². The van der Waals surface area contributed by atoms with Crippen molar-refractivity contribution >= 4 is 17.1 Å². The predicted octanol–water partition coefficient (Wildman–Crippen LogP) is -1.69. The number of ether oxygens (including phenoxy) is 2. The van der Waals surface area contributed by atoms with Gasteiger partial charge in [0, 0.05) is 0 Å². The summed E-state index contributed by atoms with van der Waals surface area (Å²) >= 11 is 0. The highest BCUT2D eigenvalue weighted by atomic mass is 16.6. The molecule has 2 aromatic heterocycles. The molecule has 0 saturated carbocycles. The first kappa shape index (κ1) is 16.3. The van der Waals surface area contributed by atoms with Gasteiger partial charge >= 0.3 is 0 Å². The highest BCUT2D eigenvalue weighted by molar-refractivity contribution is 5.77. The Balaban J connectivity index is 1.97. The molecule has 0 unspecified atom stereocenters. The summed E-state index contributed by atoms with van der Waals surface area (Å²) in [7, 11) is 0. The molecule has 24 heavy (non-hydrogen) atoms. The molecule has 1 aliphatic heterocycles. The molecule has 1 saturated heterocycles. The molecule has 11 heteroatoms. The normalized spacial score (nSPS) is 26.6. The molecule has 3 rings (SSSR count). The van der Waals surface area contributed by atoms with Crippen molar-refractivity contribution in [2.75, 3.05) is 18.9 Å². The van der Waals surface area contributed by atoms with Crippen molar-refractivity contribution in [3.8, 4) is 11.9 Å². The van der Waals surface area contributed by atoms with Crippen molar-refractivity contribution in [3.05, 3.63) is 6.33 Å². The molecule has 11 nitrogen and oxygen atoms in total. The molecule has 0 spiro atoms. The lowest BCUT2D eigenvalue weighted by Gasteiger charge is -2.16. The third kappa shape index (κ3) is 2.72. The number of nitrogens with two attached hydrogens (primary N) is 1. The third-order valence-corrected chi connectivity index (χ3v) is 3.65. The summed E-state index contributed by atoms with van der Waals surface area (Å²) in [6.45, 7) is -0.330. The van der Waals surface area contributed by atoms with Gasteiger partial charge in [-0.05, 0) is 0 Å². The second kappa shape index (κ2) is 6.54. The van der Waals surface area contributed by atoms with Gasteiger partial charge in [0.2, 0.25) is 11.8 Å². The number of hydrogen-bond acceptors (Lipinski definition) is 10. The summed E-state index contributed by atoms with van der Waals surface area (Å²) < 4.78 is 12.2. The van der Waals surface area contributed by atoms with Crippen LogP contribution >= 0.6 is 0 Å². The number of aliphatic hydroxyl groups excluding tert-OH is 3. The van der Waals surface area contributed by atoms with Gasteiger partial charge in [-0.1, -0.05) is 0 Å². The van der Waals surface area contributed by atoms with Gasteiger partial charge in [-0.3, -0.25) is 4.57 Å². The van der Waals surface area contributed by atoms with Crippen molar-refractivity contribution in [1.82, 2.24) is 19.5 Å². The molecule has 4 atom stereocenters. The van der Waals surface area contributed by atoms with E-state index in [0.717, 1.165) is 0 Å². The smallest absolute Gasteiger partial charge is 0.247 e. The number of aromatic nitrogens is 4. The second-order valence-electron chi connectivity index (χ2n) is 5.20. The van der Waals surface area contributed by atoms with E-state index in [0.29, 0.717) is 0 Å². The summed E-state index contributed by atoms with van der Waals surface area (Å²) in [5.41, 5.74) is 6.19. The second-order valence-corrected chi connectivity index (χ2v) is 5.20. The summed E-state index contributed by atoms with van der Waals surface area (Å²) in [4.78, 5) is 12.1. The van der Waals surface area contributed by atoms with Crippen LogP contribution in [0.4, 0.5) is 5.95 Å². The number of imidazole rings is 1. The summed E-state index contributed by atoms with van der Waals surface area (Å²) in [5.74, 6) is 0.0289. The van der Waals surface area contributed by atoms with Crippen LogP contribution in [0, 0.1) is 11.3 Å². The maximum atomic E-state index is 10.1. The lowest BCUT2D eigenvalue weighted by atomic mass is 10.1. The van der Waals surface area contributed by atoms with Crippen LogP contribution in [0.25, 0.3) is 11.2 Å². The highest BCUT2D eigenvalue weighted by Gasteiger charge is 2.44. The molecule has 1 aliphatic rings. The quantitative estimate of drug-likeness (QED) is 0.461. The number of aliphatic hydroxyl groups is 3. The molecule has 2 aromatic rings. The maximum absolute atomic E-state index is 10.1. The Morgan fingerprint density at radius 3 is 2.83 bits per heavy atom. The van der Waals surface area contributed by atoms with Gasteiger partial charge in [0.1, 0.15) is 24.9 Å². The molecular weight excluding hydrogens is 320 g/mol. The third-order valence-electron chi connectivity index (χ3n) is 3.65. The van der Waals surface area contributed by atoms with Crippen molar-refractivity contribution in [2.24, 2.45) is 0 Å². The molecular formula is C13H16N6O5. The maximum Gasteiger partial charge on any atom is 0.247 e. The lowest BCUT2D eigenvalue weighted by Crippen LogP contribution is -2.33. The molecule has 0 amide bonds. The van der Waals surface area contributed by atoms with Crippen molar-refractivity contribution in [3.63, 3.8) is 0 Å². The number of fused-ring (bicyclic) bond motifs is 1. The summed E-state index contributed by atoms with van der Waals surface area (Å²) in [6.07, 6.45) is -2.94. The Labute approximate surface area is 135 Å². The van der Waals surface area contributed by atoms with Crippen molar-refractivity contribution < 1.29 is 24.8 Å². The van der Waals surface area contributed by atoms with Crippen LogP contribution in [0.15, 0.2) is 6.33 Å². The Hall–Kier alpha value is -2.52. The van der Waals surface area contributed by atoms with Gasteiger partial charge < -0.3 is 30.5 Å². The number of rotatable bonds is 5. The van der Waals surface area contributed by atoms with E-state index >= 15 is 0 Å². The summed E-state index contributed by atoms with van der Waals surface area (Å²) in [6, 6.07) is 1.94. The number of nitriles is 1. The van der Waals surface area contributed by atoms with E-state index in [2.05, 4.69) is 15.0 Å². The van der Waals surface area contributed by atoms with Crippen LogP contribution in [0.3, 0.4) is 0 Å². The van der Waals surface area contributed by atoms with Gasteiger partial charge in [-0.2, -0.15) is 15.2 Å². The molecule has 0 bridgehead atoms. The number of hydrogen-bond donors (Lipinski definition) is 4. The molecule has 0 aromatic carbocycles. The van der Waals surface area contributed by atoms with Gasteiger partial charge in [0.05, 0.1) is 25.4 Å². The van der Waals surface area contributed by atoms with E-state index < -0.39 is 31.1 Å². The Bertz CT molecular complexity index is 774. The minimum atomic E-state index is -1.28. The first-order chi connectivity index (χ1) is 11.6. The highest BCUT2D eigenvalue weighted by Crippen LogP contribution is 2.32. The number of nitrogens with zero attached hydrogens (tertiary/aromatic N) is 5. The SMILES string of the molecule is N#CCCOc1nc(N)nc2c1ncn2[C@@H]1O[C@H](CO)[C@@H](O)[C@H]1O. The number of nitrogen functional groups attached to an aromatic ring is 1. The summed E-state index contributed by atoms with van der Waals surface area (Å²) in [5, 5.41) is 37.7. The zero-order valence-electron chi connectivity index (χ0n) is 12.5. The van der Waals surface area contributed by atoms with E-state index in [-0.39, 0.29) is 36.0 Å². The van der Waals surface area contributed by atoms with E-state index in [1.54, 1.807) is 0 Å². The number of anilines is 1. The Morgan fingerprint density at radius 2 is 2.17 bits per heavy atom. The molecule has 3 heterocycles. The van der Waals surface area contributed by atoms with Gasteiger partial charge in [0.25, 0.3) is 0 Å². The van der Waals surface area contributed by atoms with Gasteiger partial charge in [-0.25, -0.2) is 4.98 Å². The van der Waals surface area contributed by atoms with E-state index in [9.17, 15) is 15.3 Å². The van der Waals surface area contributed by atoms with Crippen molar-refractivity contribution in [1.29, 1.82) is 5.26 Å². The largest absolute Gasteiger partial charge is 0.475 e. The topological polar surface area (TPSA) is 173 Å². The minimum absolute atomic E-state index is 0.0806. The van der Waals surface area contributed by atoms with Crippen LogP contribution in [-0.2, 0) is 4.74 Å². The average molecular weight is 336 g/mol. The first-order valence-electron chi connectivity index (χ1n) is 7.19. The van der Waals surface area contributed by atoms with Gasteiger partial charge in [-0.15, -0.1) is 0 Å². The minimum Gasteiger partial charge on any atom is -0.475 e. The fraction of sp³-hybridized carbons (Fsp3) is 0.538. The monoisotopic (exact) mass is 336 g/mol. The zero-order chi connectivity index (χ0) is 17.3. The van der Waals surface area contributed by atoms with E-state index in [1.165, 1.54) is 10.9 Å². The molecule has 1 fully saturated rings. The molecule has 0 aliphatic carbocycles. The predicted molar refractivity (Wildman–Crippen MR) is 78.5 cm³/mol. The van der Waals surface area contributed by atoms with Gasteiger partial charge in [0.15, 0.2) is 17.4 Å². The van der Waals surface area contributed by atoms with Crippen LogP contribution in [0.2, 0.25) is 0 Å². The van der Waals surface area contributed by atoms with Crippen LogP contribution in [0.1, 0.15) is 12.6 Å². The first-order valence-corrected chi connectivity index (χ1v) is 7.19. The van der Waals surface area contributed by atoms with Crippen LogP contribution in [0.5, 0.6) is 5.88 Å². The van der Waals surface area contributed by atoms with Crippen molar-refractivity contribution in [2.45, 2.75) is 31.0 Å². The molecule has 5 N–H and O–H groups in total. The van der Waals surface area contributed by atoms with E-state index in [1.807, 2.05) is 6.07 Å². The van der Waals surface area contributed by atoms with E-state index in [4.69, 9.17) is 20.5 Å². The van der Waals surface area contributed by atoms with Crippen LogP contribution < -0.4 is 10.5 Å².